The van der Waals surface area contributed by atoms with Crippen LogP contribution in [0, 0.1) is 6.92 Å². The molecule has 1 aromatic heterocycles. The third-order valence-electron chi connectivity index (χ3n) is 5.22. The minimum Gasteiger partial charge on any atom is -0.490 e. The molecule has 4 rings (SSSR count). The average Bonchev–Trinajstić information content (AvgIpc) is 3.40. The number of ether oxygens (including phenoxy) is 2. The molecule has 1 aliphatic rings. The van der Waals surface area contributed by atoms with Crippen molar-refractivity contribution >= 4 is 23.1 Å². The summed E-state index contributed by atoms with van der Waals surface area (Å²) in [7, 11) is 0. The Balaban J connectivity index is 1.73. The molecule has 0 saturated carbocycles. The fraction of sp³-hybridized carbons (Fsp3) is 0.231. The van der Waals surface area contributed by atoms with Crippen molar-refractivity contribution in [3.63, 3.8) is 0 Å². The largest absolute Gasteiger partial charge is 0.490 e. The third kappa shape index (κ3) is 4.62. The minimum atomic E-state index is -0.418. The predicted molar refractivity (Wildman–Crippen MR) is 125 cm³/mol. The second kappa shape index (κ2) is 9.65. The lowest BCUT2D eigenvalue weighted by Crippen LogP contribution is -2.31. The molecule has 7 heteroatoms. The van der Waals surface area contributed by atoms with E-state index in [0.717, 1.165) is 5.56 Å². The molecule has 170 valence electrons. The van der Waals surface area contributed by atoms with Gasteiger partial charge in [-0.1, -0.05) is 29.8 Å². The summed E-state index contributed by atoms with van der Waals surface area (Å²) in [5, 5.41) is 3.16. The zero-order chi connectivity index (χ0) is 23.4. The van der Waals surface area contributed by atoms with Gasteiger partial charge in [0.2, 0.25) is 0 Å². The van der Waals surface area contributed by atoms with Gasteiger partial charge < -0.3 is 19.2 Å². The zero-order valence-corrected chi connectivity index (χ0v) is 18.9. The van der Waals surface area contributed by atoms with E-state index in [9.17, 15) is 9.59 Å². The number of amides is 2. The van der Waals surface area contributed by atoms with Crippen LogP contribution in [0.3, 0.4) is 0 Å². The standard InChI is InChI=1S/C26H26N2O5/c1-4-31-21-13-12-19(15-22(21)32-5-2)27-24-23(18-10-8-17(3)9-11-18)25(29)28(26(24)30)16-20-7-6-14-33-20/h6-15,27H,4-5,16H2,1-3H3. The second-order valence-corrected chi connectivity index (χ2v) is 7.54. The number of imide groups is 1. The summed E-state index contributed by atoms with van der Waals surface area (Å²) in [4.78, 5) is 27.9. The zero-order valence-electron chi connectivity index (χ0n) is 18.9. The van der Waals surface area contributed by atoms with Gasteiger partial charge in [0.1, 0.15) is 11.5 Å². The van der Waals surface area contributed by atoms with Gasteiger partial charge in [-0.3, -0.25) is 14.5 Å². The molecule has 0 bridgehead atoms. The number of carbonyl (C=O) groups excluding carboxylic acids is 2. The van der Waals surface area contributed by atoms with E-state index >= 15 is 0 Å². The maximum Gasteiger partial charge on any atom is 0.278 e. The van der Waals surface area contributed by atoms with Crippen molar-refractivity contribution in [1.82, 2.24) is 4.90 Å². The predicted octanol–water partition coefficient (Wildman–Crippen LogP) is 4.78. The normalized spacial score (nSPS) is 13.6. The van der Waals surface area contributed by atoms with Crippen molar-refractivity contribution in [3.8, 4) is 11.5 Å². The Morgan fingerprint density at radius 1 is 0.909 bits per heavy atom. The van der Waals surface area contributed by atoms with E-state index in [2.05, 4.69) is 5.32 Å². The molecular formula is C26H26N2O5. The van der Waals surface area contributed by atoms with Crippen molar-refractivity contribution < 1.29 is 23.5 Å². The molecule has 0 radical (unpaired) electrons. The first-order chi connectivity index (χ1) is 16.0. The van der Waals surface area contributed by atoms with Crippen LogP contribution >= 0.6 is 0 Å². The van der Waals surface area contributed by atoms with Crippen molar-refractivity contribution in [1.29, 1.82) is 0 Å². The number of aryl methyl sites for hydroxylation is 1. The van der Waals surface area contributed by atoms with Gasteiger partial charge in [0.05, 0.1) is 31.6 Å². The Bertz CT molecular complexity index is 1180. The van der Waals surface area contributed by atoms with Crippen LogP contribution < -0.4 is 14.8 Å². The summed E-state index contributed by atoms with van der Waals surface area (Å²) < 4.78 is 16.7. The number of furan rings is 1. The molecule has 1 aliphatic heterocycles. The van der Waals surface area contributed by atoms with E-state index in [0.29, 0.717) is 47.3 Å². The lowest BCUT2D eigenvalue weighted by atomic mass is 10.0. The highest BCUT2D eigenvalue weighted by atomic mass is 16.5. The molecule has 0 saturated heterocycles. The monoisotopic (exact) mass is 446 g/mol. The van der Waals surface area contributed by atoms with Gasteiger partial charge in [0.25, 0.3) is 11.8 Å². The first-order valence-corrected chi connectivity index (χ1v) is 10.9. The number of carbonyl (C=O) groups is 2. The molecular weight excluding hydrogens is 420 g/mol. The maximum absolute atomic E-state index is 13.4. The van der Waals surface area contributed by atoms with Crippen molar-refractivity contribution in [3.05, 3.63) is 83.4 Å². The van der Waals surface area contributed by atoms with E-state index in [1.807, 2.05) is 45.0 Å². The summed E-state index contributed by atoms with van der Waals surface area (Å²) in [6, 6.07) is 16.3. The van der Waals surface area contributed by atoms with Crippen LogP contribution in [0.25, 0.3) is 5.57 Å². The molecule has 0 unspecified atom stereocenters. The topological polar surface area (TPSA) is 81.0 Å². The second-order valence-electron chi connectivity index (χ2n) is 7.54. The molecule has 0 fully saturated rings. The summed E-state index contributed by atoms with van der Waals surface area (Å²) in [5.41, 5.74) is 2.87. The van der Waals surface area contributed by atoms with E-state index in [1.54, 1.807) is 30.3 Å². The summed E-state index contributed by atoms with van der Waals surface area (Å²) in [6.45, 7) is 6.78. The summed E-state index contributed by atoms with van der Waals surface area (Å²) >= 11 is 0. The molecule has 0 aliphatic carbocycles. The number of benzene rings is 2. The number of rotatable bonds is 9. The van der Waals surface area contributed by atoms with E-state index in [-0.39, 0.29) is 18.1 Å². The highest BCUT2D eigenvalue weighted by Crippen LogP contribution is 2.35. The van der Waals surface area contributed by atoms with Gasteiger partial charge in [0.15, 0.2) is 11.5 Å². The molecule has 2 heterocycles. The molecule has 0 atom stereocenters. The van der Waals surface area contributed by atoms with Crippen LogP contribution in [0.15, 0.2) is 71.0 Å². The van der Waals surface area contributed by atoms with E-state index in [4.69, 9.17) is 13.9 Å². The average molecular weight is 447 g/mol. The number of hydrogen-bond donors (Lipinski definition) is 1. The SMILES string of the molecule is CCOc1ccc(NC2=C(c3ccc(C)cc3)C(=O)N(Cc3ccco3)C2=O)cc1OCC. The van der Waals surface area contributed by atoms with Crippen molar-refractivity contribution in [2.24, 2.45) is 0 Å². The fourth-order valence-corrected chi connectivity index (χ4v) is 3.66. The maximum atomic E-state index is 13.4. The molecule has 2 aromatic carbocycles. The number of nitrogens with zero attached hydrogens (tertiary/aromatic N) is 1. The van der Waals surface area contributed by atoms with Crippen LogP contribution in [0.4, 0.5) is 5.69 Å². The van der Waals surface area contributed by atoms with Crippen LogP contribution in [-0.4, -0.2) is 29.9 Å². The Kier molecular flexibility index (Phi) is 6.49. The number of nitrogens with one attached hydrogen (secondary N) is 1. The Morgan fingerprint density at radius 2 is 1.64 bits per heavy atom. The van der Waals surface area contributed by atoms with Crippen LogP contribution in [0.1, 0.15) is 30.7 Å². The van der Waals surface area contributed by atoms with E-state index in [1.165, 1.54) is 11.2 Å². The summed E-state index contributed by atoms with van der Waals surface area (Å²) in [5.74, 6) is 0.912. The van der Waals surface area contributed by atoms with Crippen LogP contribution in [0.2, 0.25) is 0 Å². The van der Waals surface area contributed by atoms with Gasteiger partial charge in [-0.2, -0.15) is 0 Å². The summed E-state index contributed by atoms with van der Waals surface area (Å²) in [6.07, 6.45) is 1.52. The van der Waals surface area contributed by atoms with Gasteiger partial charge >= 0.3 is 0 Å². The Morgan fingerprint density at radius 3 is 2.30 bits per heavy atom. The highest BCUT2D eigenvalue weighted by Gasteiger charge is 2.39. The first kappa shape index (κ1) is 22.2. The lowest BCUT2D eigenvalue weighted by molar-refractivity contribution is -0.137. The number of hydrogen-bond acceptors (Lipinski definition) is 6. The Labute approximate surface area is 192 Å². The number of anilines is 1. The van der Waals surface area contributed by atoms with Crippen LogP contribution in [-0.2, 0) is 16.1 Å². The van der Waals surface area contributed by atoms with Gasteiger partial charge in [-0.05, 0) is 50.6 Å². The molecule has 0 spiro atoms. The van der Waals surface area contributed by atoms with Gasteiger partial charge in [0, 0.05) is 11.8 Å². The smallest absolute Gasteiger partial charge is 0.278 e. The lowest BCUT2D eigenvalue weighted by Gasteiger charge is -2.15. The molecule has 33 heavy (non-hydrogen) atoms. The van der Waals surface area contributed by atoms with Crippen LogP contribution in [0.5, 0.6) is 11.5 Å². The van der Waals surface area contributed by atoms with Gasteiger partial charge in [-0.25, -0.2) is 0 Å². The van der Waals surface area contributed by atoms with Gasteiger partial charge in [-0.15, -0.1) is 0 Å². The fourth-order valence-electron chi connectivity index (χ4n) is 3.66. The van der Waals surface area contributed by atoms with Crippen molar-refractivity contribution in [2.75, 3.05) is 18.5 Å². The quantitative estimate of drug-likeness (QED) is 0.477. The molecule has 1 N–H and O–H groups in total. The minimum absolute atomic E-state index is 0.0542. The molecule has 2 amide bonds. The van der Waals surface area contributed by atoms with E-state index < -0.39 is 5.91 Å². The first-order valence-electron chi connectivity index (χ1n) is 10.9. The Hall–Kier alpha value is -4.00. The molecule has 3 aromatic rings. The third-order valence-corrected chi connectivity index (χ3v) is 5.22. The highest BCUT2D eigenvalue weighted by molar-refractivity contribution is 6.36. The molecule has 7 nitrogen and oxygen atoms in total. The van der Waals surface area contributed by atoms with Crippen molar-refractivity contribution in [2.45, 2.75) is 27.3 Å².